The fraction of sp³-hybridized carbons (Fsp3) is 0.667. The first-order valence-corrected chi connectivity index (χ1v) is 5.67. The minimum atomic E-state index is 0.244. The van der Waals surface area contributed by atoms with Gasteiger partial charge in [-0.2, -0.15) is 0 Å². The van der Waals surface area contributed by atoms with Crippen LogP contribution in [-0.2, 0) is 16.1 Å². The SMILES string of the molecule is CNC(c1ccc(COC)o1)C1CCOC1. The van der Waals surface area contributed by atoms with Crippen LogP contribution in [0.25, 0.3) is 0 Å². The Morgan fingerprint density at radius 2 is 2.44 bits per heavy atom. The Balaban J connectivity index is 2.06. The Morgan fingerprint density at radius 3 is 3.06 bits per heavy atom. The van der Waals surface area contributed by atoms with Gasteiger partial charge in [0.2, 0.25) is 0 Å². The normalized spacial score (nSPS) is 22.5. The summed E-state index contributed by atoms with van der Waals surface area (Å²) in [6.07, 6.45) is 1.09. The smallest absolute Gasteiger partial charge is 0.129 e. The lowest BCUT2D eigenvalue weighted by molar-refractivity contribution is 0.156. The zero-order valence-electron chi connectivity index (χ0n) is 9.86. The molecule has 0 saturated carbocycles. The van der Waals surface area contributed by atoms with Gasteiger partial charge in [0.25, 0.3) is 0 Å². The molecular weight excluding hydrogens is 206 g/mol. The van der Waals surface area contributed by atoms with Crippen molar-refractivity contribution in [1.82, 2.24) is 5.32 Å². The van der Waals surface area contributed by atoms with E-state index < -0.39 is 0 Å². The maximum Gasteiger partial charge on any atom is 0.129 e. The molecule has 1 N–H and O–H groups in total. The second kappa shape index (κ2) is 5.48. The number of rotatable bonds is 5. The number of nitrogens with one attached hydrogen (secondary N) is 1. The van der Waals surface area contributed by atoms with Crippen molar-refractivity contribution in [1.29, 1.82) is 0 Å². The van der Waals surface area contributed by atoms with Gasteiger partial charge in [-0.25, -0.2) is 0 Å². The molecule has 0 radical (unpaired) electrons. The van der Waals surface area contributed by atoms with Crippen LogP contribution < -0.4 is 5.32 Å². The Bertz CT molecular complexity index is 318. The van der Waals surface area contributed by atoms with E-state index in [1.54, 1.807) is 7.11 Å². The molecule has 4 heteroatoms. The maximum absolute atomic E-state index is 5.75. The molecule has 4 nitrogen and oxygen atoms in total. The molecule has 0 aromatic carbocycles. The zero-order valence-corrected chi connectivity index (χ0v) is 9.86. The molecule has 0 bridgehead atoms. The fourth-order valence-electron chi connectivity index (χ4n) is 2.21. The number of ether oxygens (including phenoxy) is 2. The fourth-order valence-corrected chi connectivity index (χ4v) is 2.21. The Kier molecular flexibility index (Phi) is 3.98. The van der Waals surface area contributed by atoms with Crippen LogP contribution in [0.4, 0.5) is 0 Å². The van der Waals surface area contributed by atoms with E-state index in [1.807, 2.05) is 19.2 Å². The van der Waals surface area contributed by atoms with Crippen molar-refractivity contribution in [2.75, 3.05) is 27.4 Å². The summed E-state index contributed by atoms with van der Waals surface area (Å²) in [7, 11) is 3.63. The number of furan rings is 1. The van der Waals surface area contributed by atoms with Gasteiger partial charge in [-0.05, 0) is 25.6 Å². The molecule has 1 saturated heterocycles. The van der Waals surface area contributed by atoms with Gasteiger partial charge in [0.05, 0.1) is 12.6 Å². The molecular formula is C12H19NO3. The maximum atomic E-state index is 5.75. The van der Waals surface area contributed by atoms with Crippen LogP contribution in [0.15, 0.2) is 16.5 Å². The lowest BCUT2D eigenvalue weighted by Gasteiger charge is -2.19. The van der Waals surface area contributed by atoms with Crippen molar-refractivity contribution in [3.05, 3.63) is 23.7 Å². The first kappa shape index (κ1) is 11.6. The highest BCUT2D eigenvalue weighted by molar-refractivity contribution is 5.11. The molecule has 1 aliphatic heterocycles. The molecule has 2 heterocycles. The summed E-state index contributed by atoms with van der Waals surface area (Å²) in [4.78, 5) is 0. The van der Waals surface area contributed by atoms with Crippen LogP contribution in [0.5, 0.6) is 0 Å². The Morgan fingerprint density at radius 1 is 1.56 bits per heavy atom. The average molecular weight is 225 g/mol. The van der Waals surface area contributed by atoms with E-state index in [0.29, 0.717) is 12.5 Å². The largest absolute Gasteiger partial charge is 0.462 e. The molecule has 1 aliphatic rings. The summed E-state index contributed by atoms with van der Waals surface area (Å²) in [6.45, 7) is 2.19. The molecule has 2 atom stereocenters. The molecule has 1 aromatic rings. The van der Waals surface area contributed by atoms with Crippen LogP contribution >= 0.6 is 0 Å². The number of hydrogen-bond acceptors (Lipinski definition) is 4. The van der Waals surface area contributed by atoms with Gasteiger partial charge in [0.1, 0.15) is 18.1 Å². The summed E-state index contributed by atoms with van der Waals surface area (Å²) in [5.74, 6) is 2.35. The van der Waals surface area contributed by atoms with Crippen molar-refractivity contribution in [3.8, 4) is 0 Å². The van der Waals surface area contributed by atoms with Crippen LogP contribution in [0.3, 0.4) is 0 Å². The van der Waals surface area contributed by atoms with Crippen LogP contribution in [0, 0.1) is 5.92 Å². The van der Waals surface area contributed by atoms with E-state index >= 15 is 0 Å². The Hall–Kier alpha value is -0.840. The van der Waals surface area contributed by atoms with Crippen molar-refractivity contribution in [2.24, 2.45) is 5.92 Å². The highest BCUT2D eigenvalue weighted by atomic mass is 16.5. The minimum absolute atomic E-state index is 0.244. The summed E-state index contributed by atoms with van der Waals surface area (Å²) in [6, 6.07) is 4.24. The van der Waals surface area contributed by atoms with E-state index in [9.17, 15) is 0 Å². The van der Waals surface area contributed by atoms with Gasteiger partial charge in [-0.1, -0.05) is 0 Å². The first-order chi connectivity index (χ1) is 7.85. The first-order valence-electron chi connectivity index (χ1n) is 5.67. The minimum Gasteiger partial charge on any atom is -0.462 e. The van der Waals surface area contributed by atoms with Gasteiger partial charge in [-0.15, -0.1) is 0 Å². The third kappa shape index (κ3) is 2.45. The molecule has 16 heavy (non-hydrogen) atoms. The molecule has 1 aromatic heterocycles. The summed E-state index contributed by atoms with van der Waals surface area (Å²) in [5, 5.41) is 3.30. The van der Waals surface area contributed by atoms with E-state index in [0.717, 1.165) is 31.2 Å². The van der Waals surface area contributed by atoms with Crippen molar-refractivity contribution < 1.29 is 13.9 Å². The zero-order chi connectivity index (χ0) is 11.4. The van der Waals surface area contributed by atoms with Gasteiger partial charge >= 0.3 is 0 Å². The van der Waals surface area contributed by atoms with Crippen LogP contribution in [0.1, 0.15) is 24.0 Å². The lowest BCUT2D eigenvalue weighted by atomic mass is 9.97. The molecule has 0 amide bonds. The van der Waals surface area contributed by atoms with Gasteiger partial charge < -0.3 is 19.2 Å². The highest BCUT2D eigenvalue weighted by Crippen LogP contribution is 2.29. The van der Waals surface area contributed by atoms with Crippen molar-refractivity contribution in [2.45, 2.75) is 19.1 Å². The van der Waals surface area contributed by atoms with E-state index in [4.69, 9.17) is 13.9 Å². The lowest BCUT2D eigenvalue weighted by Crippen LogP contribution is -2.25. The second-order valence-corrected chi connectivity index (χ2v) is 4.13. The monoisotopic (exact) mass is 225 g/mol. The quantitative estimate of drug-likeness (QED) is 0.828. The van der Waals surface area contributed by atoms with Gasteiger partial charge in [0, 0.05) is 19.6 Å². The predicted octanol–water partition coefficient (Wildman–Crippen LogP) is 1.72. The molecule has 0 spiro atoms. The highest BCUT2D eigenvalue weighted by Gasteiger charge is 2.28. The standard InChI is InChI=1S/C12H19NO3/c1-13-12(9-5-6-15-7-9)11-4-3-10(16-11)8-14-2/h3-4,9,12-13H,5-8H2,1-2H3. The van der Waals surface area contributed by atoms with Crippen LogP contribution in [0.2, 0.25) is 0 Å². The third-order valence-corrected chi connectivity index (χ3v) is 3.02. The van der Waals surface area contributed by atoms with E-state index in [-0.39, 0.29) is 6.04 Å². The van der Waals surface area contributed by atoms with E-state index in [2.05, 4.69) is 5.32 Å². The van der Waals surface area contributed by atoms with Crippen molar-refractivity contribution >= 4 is 0 Å². The van der Waals surface area contributed by atoms with Crippen molar-refractivity contribution in [3.63, 3.8) is 0 Å². The Labute approximate surface area is 95.9 Å². The predicted molar refractivity (Wildman–Crippen MR) is 60.1 cm³/mol. The molecule has 2 unspecified atom stereocenters. The molecule has 0 aliphatic carbocycles. The average Bonchev–Trinajstić information content (AvgIpc) is 2.92. The molecule has 2 rings (SSSR count). The van der Waals surface area contributed by atoms with Gasteiger partial charge in [-0.3, -0.25) is 0 Å². The summed E-state index contributed by atoms with van der Waals surface area (Å²) in [5.41, 5.74) is 0. The summed E-state index contributed by atoms with van der Waals surface area (Å²) < 4.78 is 16.2. The summed E-state index contributed by atoms with van der Waals surface area (Å²) >= 11 is 0. The second-order valence-electron chi connectivity index (χ2n) is 4.13. The molecule has 1 fully saturated rings. The topological polar surface area (TPSA) is 43.6 Å². The van der Waals surface area contributed by atoms with Crippen LogP contribution in [-0.4, -0.2) is 27.4 Å². The number of hydrogen-bond donors (Lipinski definition) is 1. The molecule has 90 valence electrons. The third-order valence-electron chi connectivity index (χ3n) is 3.02. The van der Waals surface area contributed by atoms with Gasteiger partial charge in [0.15, 0.2) is 0 Å². The van der Waals surface area contributed by atoms with E-state index in [1.165, 1.54) is 0 Å². The number of methoxy groups -OCH3 is 1.